The van der Waals surface area contributed by atoms with E-state index in [2.05, 4.69) is 9.84 Å². The topological polar surface area (TPSA) is 64.4 Å². The predicted octanol–water partition coefficient (Wildman–Crippen LogP) is 1.56. The highest BCUT2D eigenvalue weighted by Gasteiger charge is 2.40. The minimum Gasteiger partial charge on any atom is -0.479 e. The molecule has 1 rings (SSSR count). The number of ether oxygens (including phenoxy) is 1. The SMILES string of the molecule is Cn1nc(C(F)(F)F)c(OCC(=O)O)c1Cl. The van der Waals surface area contributed by atoms with Gasteiger partial charge in [0.25, 0.3) is 0 Å². The Morgan fingerprint density at radius 1 is 1.62 bits per heavy atom. The Hall–Kier alpha value is -1.44. The first-order chi connectivity index (χ1) is 7.23. The summed E-state index contributed by atoms with van der Waals surface area (Å²) in [6.07, 6.45) is -4.75. The molecule has 0 atom stereocenters. The highest BCUT2D eigenvalue weighted by atomic mass is 35.5. The molecule has 0 amide bonds. The monoisotopic (exact) mass is 258 g/mol. The van der Waals surface area contributed by atoms with Gasteiger partial charge in [-0.2, -0.15) is 18.3 Å². The van der Waals surface area contributed by atoms with E-state index in [0.717, 1.165) is 4.68 Å². The molecule has 9 heteroatoms. The molecule has 0 radical (unpaired) electrons. The van der Waals surface area contributed by atoms with Crippen LogP contribution in [-0.4, -0.2) is 27.5 Å². The largest absolute Gasteiger partial charge is 0.479 e. The van der Waals surface area contributed by atoms with Crippen molar-refractivity contribution in [1.29, 1.82) is 0 Å². The molecule has 90 valence electrons. The summed E-state index contributed by atoms with van der Waals surface area (Å²) in [5.41, 5.74) is -1.35. The molecule has 5 nitrogen and oxygen atoms in total. The van der Waals surface area contributed by atoms with E-state index >= 15 is 0 Å². The van der Waals surface area contributed by atoms with Gasteiger partial charge in [-0.1, -0.05) is 11.6 Å². The number of carboxylic acids is 1. The molecule has 0 bridgehead atoms. The molecule has 0 fully saturated rings. The Balaban J connectivity index is 3.09. The highest BCUT2D eigenvalue weighted by Crippen LogP contribution is 2.39. The lowest BCUT2D eigenvalue weighted by molar-refractivity contribution is -0.145. The minimum atomic E-state index is -4.75. The lowest BCUT2D eigenvalue weighted by Crippen LogP contribution is -2.13. The van der Waals surface area contributed by atoms with Gasteiger partial charge in [-0.05, 0) is 0 Å². The van der Waals surface area contributed by atoms with Crippen LogP contribution >= 0.6 is 11.6 Å². The summed E-state index contributed by atoms with van der Waals surface area (Å²) in [5.74, 6) is -2.19. The first-order valence-electron chi connectivity index (χ1n) is 3.87. The zero-order valence-electron chi connectivity index (χ0n) is 7.88. The number of carbonyl (C=O) groups is 1. The van der Waals surface area contributed by atoms with Crippen LogP contribution < -0.4 is 4.74 Å². The zero-order chi connectivity index (χ0) is 12.5. The van der Waals surface area contributed by atoms with Gasteiger partial charge in [0.15, 0.2) is 17.5 Å². The number of aliphatic carboxylic acids is 1. The van der Waals surface area contributed by atoms with E-state index in [1.54, 1.807) is 0 Å². The second-order valence-corrected chi connectivity index (χ2v) is 3.13. The lowest BCUT2D eigenvalue weighted by atomic mass is 10.4. The summed E-state index contributed by atoms with van der Waals surface area (Å²) in [7, 11) is 1.19. The summed E-state index contributed by atoms with van der Waals surface area (Å²) >= 11 is 5.49. The van der Waals surface area contributed by atoms with Crippen LogP contribution in [0.5, 0.6) is 5.75 Å². The van der Waals surface area contributed by atoms with E-state index in [0.29, 0.717) is 0 Å². The number of hydrogen-bond acceptors (Lipinski definition) is 3. The van der Waals surface area contributed by atoms with Crippen LogP contribution in [0.2, 0.25) is 5.15 Å². The minimum absolute atomic E-state index is 0.409. The fourth-order valence-electron chi connectivity index (χ4n) is 0.931. The molecule has 16 heavy (non-hydrogen) atoms. The van der Waals surface area contributed by atoms with Crippen LogP contribution in [0.1, 0.15) is 5.69 Å². The van der Waals surface area contributed by atoms with E-state index in [4.69, 9.17) is 16.7 Å². The van der Waals surface area contributed by atoms with Crippen molar-refractivity contribution in [3.63, 3.8) is 0 Å². The predicted molar refractivity (Wildman–Crippen MR) is 46.4 cm³/mol. The number of halogens is 4. The van der Waals surface area contributed by atoms with Crippen molar-refractivity contribution in [2.24, 2.45) is 7.05 Å². The van der Waals surface area contributed by atoms with E-state index in [1.807, 2.05) is 0 Å². The van der Waals surface area contributed by atoms with Gasteiger partial charge < -0.3 is 9.84 Å². The summed E-state index contributed by atoms with van der Waals surface area (Å²) in [6.45, 7) is -0.922. The molecule has 1 N–H and O–H groups in total. The van der Waals surface area contributed by atoms with Crippen molar-refractivity contribution in [2.75, 3.05) is 6.61 Å². The third-order valence-electron chi connectivity index (χ3n) is 1.55. The van der Waals surface area contributed by atoms with Crippen molar-refractivity contribution in [3.8, 4) is 5.75 Å². The standard InChI is InChI=1S/C7H6ClF3N2O3/c1-13-6(8)4(16-2-3(14)15)5(12-13)7(9,10)11/h2H2,1H3,(H,14,15). The molecule has 0 saturated carbocycles. The molecular weight excluding hydrogens is 253 g/mol. The Morgan fingerprint density at radius 2 is 2.19 bits per heavy atom. The average molecular weight is 259 g/mol. The number of aryl methyl sites for hydroxylation is 1. The van der Waals surface area contributed by atoms with Crippen molar-refractivity contribution in [1.82, 2.24) is 9.78 Å². The second-order valence-electron chi connectivity index (χ2n) is 2.77. The number of alkyl halides is 3. The van der Waals surface area contributed by atoms with Gasteiger partial charge in [0.1, 0.15) is 0 Å². The smallest absolute Gasteiger partial charge is 0.438 e. The molecule has 1 heterocycles. The van der Waals surface area contributed by atoms with E-state index in [1.165, 1.54) is 7.05 Å². The van der Waals surface area contributed by atoms with Gasteiger partial charge in [-0.25, -0.2) is 4.79 Å². The Labute approximate surface area is 92.4 Å². The number of carboxylic acid groups (broad SMARTS) is 1. The van der Waals surface area contributed by atoms with Crippen LogP contribution in [0.15, 0.2) is 0 Å². The van der Waals surface area contributed by atoms with Crippen molar-refractivity contribution in [3.05, 3.63) is 10.8 Å². The average Bonchev–Trinajstić information content (AvgIpc) is 2.40. The van der Waals surface area contributed by atoms with Gasteiger partial charge in [-0.3, -0.25) is 4.68 Å². The number of nitrogens with zero attached hydrogens (tertiary/aromatic N) is 2. The molecule has 0 aliphatic heterocycles. The van der Waals surface area contributed by atoms with Crippen LogP contribution in [-0.2, 0) is 18.0 Å². The molecule has 0 aromatic carbocycles. The van der Waals surface area contributed by atoms with E-state index < -0.39 is 35.3 Å². The molecule has 0 saturated heterocycles. The Morgan fingerprint density at radius 3 is 2.62 bits per heavy atom. The van der Waals surface area contributed by atoms with Crippen LogP contribution in [0, 0.1) is 0 Å². The van der Waals surface area contributed by atoms with Crippen LogP contribution in [0.4, 0.5) is 13.2 Å². The molecule has 1 aromatic rings. The van der Waals surface area contributed by atoms with Gasteiger partial charge in [-0.15, -0.1) is 0 Å². The normalized spacial score (nSPS) is 11.6. The van der Waals surface area contributed by atoms with Gasteiger partial charge in [0, 0.05) is 7.05 Å². The highest BCUT2D eigenvalue weighted by molar-refractivity contribution is 6.31. The fourth-order valence-corrected chi connectivity index (χ4v) is 1.11. The third kappa shape index (κ3) is 2.57. The Kier molecular flexibility index (Phi) is 3.32. The maximum absolute atomic E-state index is 12.4. The molecule has 0 aliphatic rings. The quantitative estimate of drug-likeness (QED) is 0.893. The van der Waals surface area contributed by atoms with Crippen LogP contribution in [0.25, 0.3) is 0 Å². The van der Waals surface area contributed by atoms with Crippen molar-refractivity contribution >= 4 is 17.6 Å². The number of aromatic nitrogens is 2. The second kappa shape index (κ2) is 4.20. The first kappa shape index (κ1) is 12.6. The first-order valence-corrected chi connectivity index (χ1v) is 4.25. The summed E-state index contributed by atoms with van der Waals surface area (Å²) in [6, 6.07) is 0. The molecule has 0 spiro atoms. The Bertz CT molecular complexity index is 416. The summed E-state index contributed by atoms with van der Waals surface area (Å²) < 4.78 is 42.4. The molecule has 0 aliphatic carbocycles. The van der Waals surface area contributed by atoms with E-state index in [-0.39, 0.29) is 0 Å². The molecule has 0 unspecified atom stereocenters. The lowest BCUT2D eigenvalue weighted by Gasteiger charge is -2.06. The van der Waals surface area contributed by atoms with Gasteiger partial charge in [0.05, 0.1) is 0 Å². The van der Waals surface area contributed by atoms with Gasteiger partial charge in [0.2, 0.25) is 5.69 Å². The fraction of sp³-hybridized carbons (Fsp3) is 0.429. The maximum atomic E-state index is 12.4. The van der Waals surface area contributed by atoms with E-state index in [9.17, 15) is 18.0 Å². The van der Waals surface area contributed by atoms with Gasteiger partial charge >= 0.3 is 12.1 Å². The van der Waals surface area contributed by atoms with Crippen LogP contribution in [0.3, 0.4) is 0 Å². The third-order valence-corrected chi connectivity index (χ3v) is 1.96. The number of rotatable bonds is 3. The maximum Gasteiger partial charge on any atom is 0.438 e. The van der Waals surface area contributed by atoms with Crippen molar-refractivity contribution in [2.45, 2.75) is 6.18 Å². The van der Waals surface area contributed by atoms with Crippen molar-refractivity contribution < 1.29 is 27.8 Å². The summed E-state index contributed by atoms with van der Waals surface area (Å²) in [5, 5.41) is 11.0. The molecular formula is C7H6ClF3N2O3. The zero-order valence-corrected chi connectivity index (χ0v) is 8.63. The number of hydrogen-bond donors (Lipinski definition) is 1. The summed E-state index contributed by atoms with van der Waals surface area (Å²) in [4.78, 5) is 10.2. The molecule has 1 aromatic heterocycles.